The van der Waals surface area contributed by atoms with Crippen LogP contribution in [0.2, 0.25) is 0 Å². The summed E-state index contributed by atoms with van der Waals surface area (Å²) in [5.41, 5.74) is -2.41. The first-order chi connectivity index (χ1) is 18.1. The van der Waals surface area contributed by atoms with Gasteiger partial charge in [0.1, 0.15) is 24.9 Å². The fourth-order valence-corrected chi connectivity index (χ4v) is 5.90. The number of carbonyl (C=O) groups is 5. The van der Waals surface area contributed by atoms with E-state index in [4.69, 9.17) is 23.7 Å². The number of hydrogen-bond acceptors (Lipinski definition) is 11. The lowest BCUT2D eigenvalue weighted by Crippen LogP contribution is -2.65. The summed E-state index contributed by atoms with van der Waals surface area (Å²) in [6.07, 6.45) is 1.93. The Bertz CT molecular complexity index is 1130. The molecule has 1 fully saturated rings. The molecule has 0 unspecified atom stereocenters. The molecule has 0 saturated carbocycles. The lowest BCUT2D eigenvalue weighted by Gasteiger charge is -2.53. The average Bonchev–Trinajstić information content (AvgIpc) is 3.03. The zero-order valence-electron chi connectivity index (χ0n) is 23.2. The van der Waals surface area contributed by atoms with E-state index in [1.807, 2.05) is 0 Å². The Morgan fingerprint density at radius 3 is 2.21 bits per heavy atom. The quantitative estimate of drug-likeness (QED) is 0.305. The van der Waals surface area contributed by atoms with Crippen molar-refractivity contribution in [2.75, 3.05) is 6.61 Å². The van der Waals surface area contributed by atoms with Crippen LogP contribution < -0.4 is 0 Å². The van der Waals surface area contributed by atoms with Gasteiger partial charge in [-0.05, 0) is 31.6 Å². The summed E-state index contributed by atoms with van der Waals surface area (Å²) in [5, 5.41) is 12.3. The third kappa shape index (κ3) is 5.78. The van der Waals surface area contributed by atoms with E-state index in [9.17, 15) is 29.1 Å². The monoisotopic (exact) mass is 548 g/mol. The predicted molar refractivity (Wildman–Crippen MR) is 134 cm³/mol. The van der Waals surface area contributed by atoms with Gasteiger partial charge in [-0.2, -0.15) is 0 Å². The highest BCUT2D eigenvalue weighted by Gasteiger charge is 2.66. The molecule has 39 heavy (non-hydrogen) atoms. The molecule has 0 aromatic carbocycles. The topological polar surface area (TPSA) is 152 Å². The van der Waals surface area contributed by atoms with Crippen LogP contribution in [-0.2, 0) is 47.7 Å². The molecule has 0 radical (unpaired) electrons. The zero-order chi connectivity index (χ0) is 29.3. The number of rotatable bonds is 5. The van der Waals surface area contributed by atoms with E-state index >= 15 is 0 Å². The van der Waals surface area contributed by atoms with Gasteiger partial charge in [0.25, 0.3) is 0 Å². The van der Waals surface area contributed by atoms with E-state index in [0.717, 1.165) is 0 Å². The first-order valence-electron chi connectivity index (χ1n) is 12.8. The van der Waals surface area contributed by atoms with Gasteiger partial charge >= 0.3 is 29.8 Å². The van der Waals surface area contributed by atoms with Gasteiger partial charge in [0.2, 0.25) is 0 Å². The van der Waals surface area contributed by atoms with Crippen LogP contribution in [0.1, 0.15) is 54.9 Å². The molecule has 1 saturated heterocycles. The van der Waals surface area contributed by atoms with Gasteiger partial charge in [0.05, 0.1) is 11.3 Å². The van der Waals surface area contributed by atoms with E-state index in [1.54, 1.807) is 32.1 Å². The molecule has 0 amide bonds. The first-order valence-corrected chi connectivity index (χ1v) is 12.8. The number of ether oxygens (including phenoxy) is 5. The summed E-state index contributed by atoms with van der Waals surface area (Å²) < 4.78 is 28.1. The van der Waals surface area contributed by atoms with Crippen molar-refractivity contribution < 1.29 is 52.8 Å². The Labute approximate surface area is 227 Å². The number of fused-ring (bicyclic) bond motifs is 2. The van der Waals surface area contributed by atoms with Crippen LogP contribution in [0.25, 0.3) is 0 Å². The first kappa shape index (κ1) is 30.1. The van der Waals surface area contributed by atoms with Gasteiger partial charge in [0.15, 0.2) is 11.7 Å². The predicted octanol–water partition coefficient (Wildman–Crippen LogP) is 2.11. The van der Waals surface area contributed by atoms with Crippen molar-refractivity contribution in [2.45, 2.75) is 84.9 Å². The normalized spacial score (nSPS) is 37.9. The standard InChI is InChI=1S/C28H36O11/c1-14-8-10-21(36-17(4)30)27(7)22(37-18(5)31)11-9-20(13-35-16(3)29)12-23-28(34,15(2)26(33)39-23)25(24(14)27)38-19(6)32/h8-9,11-12,15,21-25,34H,10,13H2,1-7H3/b11-9-,20-12+/t15-,21-,22-,23-,24+,25-,27+,28-/m0/s1. The molecular formula is C28H36O11. The number of carbonyl (C=O) groups excluding carboxylic acids is 5. The Hall–Kier alpha value is -3.47. The molecule has 3 aliphatic rings. The summed E-state index contributed by atoms with van der Waals surface area (Å²) in [4.78, 5) is 61.5. The molecule has 214 valence electrons. The molecule has 2 aliphatic carbocycles. The molecule has 3 rings (SSSR count). The van der Waals surface area contributed by atoms with Gasteiger partial charge in [-0.15, -0.1) is 0 Å². The molecule has 0 aromatic heterocycles. The van der Waals surface area contributed by atoms with Gasteiger partial charge in [-0.25, -0.2) is 0 Å². The molecule has 1 aliphatic heterocycles. The second kappa shape index (κ2) is 11.3. The third-order valence-corrected chi connectivity index (χ3v) is 7.81. The van der Waals surface area contributed by atoms with Crippen molar-refractivity contribution >= 4 is 29.8 Å². The second-order valence-corrected chi connectivity index (χ2v) is 10.5. The SMILES string of the molecule is CC(=O)OCC1=C/[C@@H]2OC(=O)[C@H](C)[C@@]2(O)[C@@H](OC(C)=O)[C@H]2C(C)=CC[C@H](OC(C)=O)[C@]2(C)[C@@H](OC(C)=O)/C=C\1. The van der Waals surface area contributed by atoms with Crippen molar-refractivity contribution in [1.29, 1.82) is 0 Å². The van der Waals surface area contributed by atoms with Crippen LogP contribution in [0, 0.1) is 17.3 Å². The highest BCUT2D eigenvalue weighted by atomic mass is 16.6. The molecule has 0 aromatic rings. The van der Waals surface area contributed by atoms with Gasteiger partial charge < -0.3 is 28.8 Å². The smallest absolute Gasteiger partial charge is 0.312 e. The van der Waals surface area contributed by atoms with Crippen molar-refractivity contribution in [2.24, 2.45) is 17.3 Å². The van der Waals surface area contributed by atoms with Crippen LogP contribution in [0.3, 0.4) is 0 Å². The lowest BCUT2D eigenvalue weighted by molar-refractivity contribution is -0.211. The maximum atomic E-state index is 12.9. The van der Waals surface area contributed by atoms with Crippen LogP contribution in [0.15, 0.2) is 35.5 Å². The van der Waals surface area contributed by atoms with Crippen molar-refractivity contribution in [3.05, 3.63) is 35.5 Å². The largest absolute Gasteiger partial charge is 0.461 e. The van der Waals surface area contributed by atoms with E-state index in [2.05, 4.69) is 0 Å². The van der Waals surface area contributed by atoms with Crippen LogP contribution >= 0.6 is 0 Å². The summed E-state index contributed by atoms with van der Waals surface area (Å²) in [6, 6.07) is 0. The summed E-state index contributed by atoms with van der Waals surface area (Å²) in [6.45, 7) is 9.58. The van der Waals surface area contributed by atoms with Crippen molar-refractivity contribution in [3.8, 4) is 0 Å². The molecular weight excluding hydrogens is 512 g/mol. The maximum absolute atomic E-state index is 12.9. The Morgan fingerprint density at radius 1 is 1.03 bits per heavy atom. The Kier molecular flexibility index (Phi) is 8.74. The molecule has 0 bridgehead atoms. The summed E-state index contributed by atoms with van der Waals surface area (Å²) in [7, 11) is 0. The van der Waals surface area contributed by atoms with Gasteiger partial charge in [-0.1, -0.05) is 24.6 Å². The van der Waals surface area contributed by atoms with Crippen molar-refractivity contribution in [1.82, 2.24) is 0 Å². The Balaban J connectivity index is 2.39. The lowest BCUT2D eigenvalue weighted by atomic mass is 9.56. The second-order valence-electron chi connectivity index (χ2n) is 10.5. The van der Waals surface area contributed by atoms with E-state index in [1.165, 1.54) is 40.7 Å². The minimum atomic E-state index is -2.10. The van der Waals surface area contributed by atoms with Crippen LogP contribution in [-0.4, -0.2) is 71.6 Å². The molecule has 1 N–H and O–H groups in total. The number of esters is 5. The molecule has 11 nitrogen and oxygen atoms in total. The van der Waals surface area contributed by atoms with Crippen LogP contribution in [0.4, 0.5) is 0 Å². The zero-order valence-corrected chi connectivity index (χ0v) is 23.2. The highest BCUT2D eigenvalue weighted by Crippen LogP contribution is 2.54. The number of hydrogen-bond donors (Lipinski definition) is 1. The molecule has 0 spiro atoms. The summed E-state index contributed by atoms with van der Waals surface area (Å²) in [5.74, 6) is -5.30. The molecule has 11 heteroatoms. The average molecular weight is 549 g/mol. The highest BCUT2D eigenvalue weighted by molar-refractivity contribution is 5.78. The Morgan fingerprint density at radius 2 is 1.64 bits per heavy atom. The van der Waals surface area contributed by atoms with E-state index in [0.29, 0.717) is 11.1 Å². The fraction of sp³-hybridized carbons (Fsp3) is 0.607. The molecule has 8 atom stereocenters. The minimum Gasteiger partial charge on any atom is -0.461 e. The third-order valence-electron chi connectivity index (χ3n) is 7.81. The minimum absolute atomic E-state index is 0.248. The van der Waals surface area contributed by atoms with Gasteiger partial charge in [0, 0.05) is 40.0 Å². The van der Waals surface area contributed by atoms with E-state index in [-0.39, 0.29) is 13.0 Å². The summed E-state index contributed by atoms with van der Waals surface area (Å²) >= 11 is 0. The van der Waals surface area contributed by atoms with Crippen molar-refractivity contribution in [3.63, 3.8) is 0 Å². The maximum Gasteiger partial charge on any atom is 0.312 e. The fourth-order valence-electron chi connectivity index (χ4n) is 5.90. The van der Waals surface area contributed by atoms with Gasteiger partial charge in [-0.3, -0.25) is 24.0 Å². The van der Waals surface area contributed by atoms with Crippen LogP contribution in [0.5, 0.6) is 0 Å². The number of aliphatic hydroxyl groups is 1. The molecule has 1 heterocycles. The van der Waals surface area contributed by atoms with E-state index < -0.39 is 77.1 Å².